The molecular formula is C23H23NO7. The first-order chi connectivity index (χ1) is 14.8. The number of methoxy groups -OCH3 is 2. The zero-order chi connectivity index (χ0) is 22.3. The van der Waals surface area contributed by atoms with Crippen molar-refractivity contribution >= 4 is 23.5 Å². The van der Waals surface area contributed by atoms with E-state index in [2.05, 4.69) is 5.32 Å². The fourth-order valence-electron chi connectivity index (χ4n) is 4.26. The summed E-state index contributed by atoms with van der Waals surface area (Å²) in [5.41, 5.74) is 1.77. The molecule has 2 atom stereocenters. The lowest BCUT2D eigenvalue weighted by molar-refractivity contribution is -0.241. The van der Waals surface area contributed by atoms with Crippen LogP contribution >= 0.6 is 0 Å². The number of anilines is 1. The van der Waals surface area contributed by atoms with Crippen molar-refractivity contribution in [2.24, 2.45) is 5.92 Å². The molecule has 0 aromatic heterocycles. The van der Waals surface area contributed by atoms with Gasteiger partial charge in [0.15, 0.2) is 5.92 Å². The lowest BCUT2D eigenvalue weighted by Crippen LogP contribution is -2.49. The Morgan fingerprint density at radius 3 is 2.26 bits per heavy atom. The summed E-state index contributed by atoms with van der Waals surface area (Å²) in [7, 11) is 2.98. The molecule has 8 heteroatoms. The summed E-state index contributed by atoms with van der Waals surface area (Å²) in [6, 6.07) is 12.2. The van der Waals surface area contributed by atoms with Crippen LogP contribution in [-0.4, -0.2) is 37.9 Å². The van der Waals surface area contributed by atoms with Gasteiger partial charge in [0.25, 0.3) is 5.79 Å². The Morgan fingerprint density at radius 1 is 0.935 bits per heavy atom. The van der Waals surface area contributed by atoms with Crippen molar-refractivity contribution in [3.8, 4) is 11.5 Å². The van der Waals surface area contributed by atoms with E-state index in [0.29, 0.717) is 28.3 Å². The fourth-order valence-corrected chi connectivity index (χ4v) is 4.26. The van der Waals surface area contributed by atoms with E-state index in [1.807, 2.05) is 0 Å². The molecule has 4 rings (SSSR count). The Balaban J connectivity index is 1.92. The molecular weight excluding hydrogens is 402 g/mol. The zero-order valence-corrected chi connectivity index (χ0v) is 17.6. The van der Waals surface area contributed by atoms with E-state index in [4.69, 9.17) is 18.9 Å². The monoisotopic (exact) mass is 425 g/mol. The number of amides is 1. The summed E-state index contributed by atoms with van der Waals surface area (Å²) in [5, 5.41) is 2.83. The minimum Gasteiger partial charge on any atom is -0.497 e. The van der Waals surface area contributed by atoms with E-state index in [1.165, 1.54) is 28.1 Å². The first-order valence-electron chi connectivity index (χ1n) is 9.83. The van der Waals surface area contributed by atoms with E-state index in [9.17, 15) is 14.4 Å². The van der Waals surface area contributed by atoms with E-state index in [1.54, 1.807) is 42.5 Å². The van der Waals surface area contributed by atoms with Crippen LogP contribution in [0.25, 0.3) is 0 Å². The van der Waals surface area contributed by atoms with Gasteiger partial charge >= 0.3 is 11.9 Å². The molecule has 1 amide bonds. The number of benzene rings is 2. The van der Waals surface area contributed by atoms with Crippen LogP contribution in [0.4, 0.5) is 5.69 Å². The molecule has 2 unspecified atom stereocenters. The van der Waals surface area contributed by atoms with Crippen LogP contribution in [-0.2, 0) is 23.9 Å². The second kappa shape index (κ2) is 7.61. The number of hydrogen-bond donors (Lipinski definition) is 1. The van der Waals surface area contributed by atoms with Crippen molar-refractivity contribution in [3.63, 3.8) is 0 Å². The number of carbonyl (C=O) groups is 3. The average Bonchev–Trinajstić information content (AvgIpc) is 3.05. The molecule has 2 aromatic carbocycles. The number of hydrogen-bond acceptors (Lipinski definition) is 7. The van der Waals surface area contributed by atoms with Crippen molar-refractivity contribution in [2.75, 3.05) is 19.5 Å². The van der Waals surface area contributed by atoms with Gasteiger partial charge in [-0.1, -0.05) is 18.2 Å². The molecule has 8 nitrogen and oxygen atoms in total. The van der Waals surface area contributed by atoms with Gasteiger partial charge in [-0.2, -0.15) is 0 Å². The normalized spacial score (nSPS) is 20.9. The Labute approximate surface area is 179 Å². The summed E-state index contributed by atoms with van der Waals surface area (Å²) in [5.74, 6) is -5.48. The zero-order valence-electron chi connectivity index (χ0n) is 17.6. The molecule has 2 aliphatic heterocycles. The Hall–Kier alpha value is -3.55. The van der Waals surface area contributed by atoms with Crippen LogP contribution in [0.2, 0.25) is 0 Å². The lowest BCUT2D eigenvalue weighted by atomic mass is 9.73. The molecule has 0 radical (unpaired) electrons. The third-order valence-corrected chi connectivity index (χ3v) is 5.55. The highest BCUT2D eigenvalue weighted by atomic mass is 16.7. The predicted octanol–water partition coefficient (Wildman–Crippen LogP) is 2.98. The molecule has 2 aliphatic rings. The highest BCUT2D eigenvalue weighted by Gasteiger charge is 2.53. The highest BCUT2D eigenvalue weighted by molar-refractivity contribution is 6.06. The maximum atomic E-state index is 13.1. The van der Waals surface area contributed by atoms with Crippen LogP contribution in [0.15, 0.2) is 42.5 Å². The van der Waals surface area contributed by atoms with Crippen molar-refractivity contribution in [2.45, 2.75) is 31.5 Å². The number of rotatable bonds is 5. The molecule has 0 aliphatic carbocycles. The third kappa shape index (κ3) is 3.58. The number of cyclic esters (lactones) is 2. The van der Waals surface area contributed by atoms with Gasteiger partial charge < -0.3 is 24.3 Å². The van der Waals surface area contributed by atoms with Gasteiger partial charge in [-0.05, 0) is 29.8 Å². The van der Waals surface area contributed by atoms with Crippen LogP contribution in [0, 0.1) is 5.92 Å². The van der Waals surface area contributed by atoms with E-state index < -0.39 is 35.5 Å². The Morgan fingerprint density at radius 2 is 1.61 bits per heavy atom. The van der Waals surface area contributed by atoms with Crippen LogP contribution < -0.4 is 14.8 Å². The van der Waals surface area contributed by atoms with Crippen molar-refractivity contribution < 1.29 is 33.3 Å². The van der Waals surface area contributed by atoms with Crippen molar-refractivity contribution in [1.29, 1.82) is 0 Å². The van der Waals surface area contributed by atoms with Crippen LogP contribution in [0.5, 0.6) is 11.5 Å². The molecule has 1 N–H and O–H groups in total. The molecule has 0 bridgehead atoms. The summed E-state index contributed by atoms with van der Waals surface area (Å²) in [6.07, 6.45) is 0. The number of para-hydroxylation sites is 1. The quantitative estimate of drug-likeness (QED) is 0.581. The van der Waals surface area contributed by atoms with Gasteiger partial charge in [0.1, 0.15) is 11.5 Å². The molecule has 0 saturated carbocycles. The minimum atomic E-state index is -1.39. The van der Waals surface area contributed by atoms with Gasteiger partial charge in [-0.25, -0.2) is 0 Å². The van der Waals surface area contributed by atoms with Gasteiger partial charge in [0.2, 0.25) is 5.91 Å². The molecule has 2 heterocycles. The molecule has 1 fully saturated rings. The predicted molar refractivity (Wildman–Crippen MR) is 110 cm³/mol. The van der Waals surface area contributed by atoms with Crippen molar-refractivity contribution in [1.82, 2.24) is 0 Å². The third-order valence-electron chi connectivity index (χ3n) is 5.55. The second-order valence-electron chi connectivity index (χ2n) is 7.91. The number of nitrogens with one attached hydrogen (secondary N) is 1. The average molecular weight is 425 g/mol. The summed E-state index contributed by atoms with van der Waals surface area (Å²) >= 11 is 0. The summed E-state index contributed by atoms with van der Waals surface area (Å²) in [4.78, 5) is 39.2. The highest BCUT2D eigenvalue weighted by Crippen LogP contribution is 2.50. The molecule has 31 heavy (non-hydrogen) atoms. The van der Waals surface area contributed by atoms with Gasteiger partial charge in [-0.15, -0.1) is 0 Å². The summed E-state index contributed by atoms with van der Waals surface area (Å²) < 4.78 is 21.6. The van der Waals surface area contributed by atoms with E-state index in [0.717, 1.165) is 0 Å². The maximum Gasteiger partial charge on any atom is 0.324 e. The topological polar surface area (TPSA) is 100 Å². The standard InChI is InChI=1S/C23H23NO7/c1-23(2)30-21(26)19(22(27)31-23)17(14-11-12(28-3)9-10-16(14)29-4)18-13-7-5-6-8-15(13)24-20(18)25/h5-11,17-19H,1-4H3,(H,24,25). The Bertz CT molecular complexity index is 1040. The fraction of sp³-hybridized carbons (Fsp3) is 0.348. The minimum absolute atomic E-state index is 0.332. The van der Waals surface area contributed by atoms with Gasteiger partial charge in [0, 0.05) is 31.0 Å². The number of fused-ring (bicyclic) bond motifs is 1. The van der Waals surface area contributed by atoms with E-state index >= 15 is 0 Å². The van der Waals surface area contributed by atoms with Gasteiger partial charge in [0.05, 0.1) is 20.1 Å². The molecule has 0 spiro atoms. The van der Waals surface area contributed by atoms with Crippen molar-refractivity contribution in [3.05, 3.63) is 53.6 Å². The number of esters is 2. The lowest BCUT2D eigenvalue weighted by Gasteiger charge is -2.37. The number of ether oxygens (including phenoxy) is 4. The number of carbonyl (C=O) groups excluding carboxylic acids is 3. The first kappa shape index (κ1) is 20.7. The Kier molecular flexibility index (Phi) is 5.08. The molecule has 162 valence electrons. The SMILES string of the molecule is COc1ccc(OC)c(C(C2C(=O)OC(C)(C)OC2=O)C2C(=O)Nc3ccccc32)c1. The first-order valence-corrected chi connectivity index (χ1v) is 9.83. The van der Waals surface area contributed by atoms with Gasteiger partial charge in [-0.3, -0.25) is 14.4 Å². The second-order valence-corrected chi connectivity index (χ2v) is 7.91. The maximum absolute atomic E-state index is 13.1. The largest absolute Gasteiger partial charge is 0.497 e. The van der Waals surface area contributed by atoms with Crippen LogP contribution in [0.3, 0.4) is 0 Å². The smallest absolute Gasteiger partial charge is 0.324 e. The van der Waals surface area contributed by atoms with Crippen LogP contribution in [0.1, 0.15) is 36.8 Å². The summed E-state index contributed by atoms with van der Waals surface area (Å²) in [6.45, 7) is 2.97. The van der Waals surface area contributed by atoms with E-state index in [-0.39, 0.29) is 5.91 Å². The molecule has 2 aromatic rings. The molecule has 1 saturated heterocycles.